The van der Waals surface area contributed by atoms with Gasteiger partial charge in [0.1, 0.15) is 24.4 Å². The summed E-state index contributed by atoms with van der Waals surface area (Å²) in [6.07, 6.45) is 6.20. The minimum atomic E-state index is -0.907. The summed E-state index contributed by atoms with van der Waals surface area (Å²) in [5, 5.41) is 13.1. The van der Waals surface area contributed by atoms with Crippen LogP contribution in [0.4, 0.5) is 5.69 Å². The van der Waals surface area contributed by atoms with Gasteiger partial charge in [-0.3, -0.25) is 14.9 Å². The number of ether oxygens (including phenoxy) is 1. The van der Waals surface area contributed by atoms with Gasteiger partial charge < -0.3 is 14.7 Å². The molecule has 0 aromatic heterocycles. The van der Waals surface area contributed by atoms with Gasteiger partial charge in [0.25, 0.3) is 0 Å². The van der Waals surface area contributed by atoms with E-state index in [1.807, 2.05) is 24.3 Å². The first kappa shape index (κ1) is 27.0. The number of hydrogen-bond acceptors (Lipinski definition) is 4. The highest BCUT2D eigenvalue weighted by Crippen LogP contribution is 2.33. The topological polar surface area (TPSA) is 78.9 Å². The lowest BCUT2D eigenvalue weighted by atomic mass is 9.84. The molecule has 0 saturated heterocycles. The van der Waals surface area contributed by atoms with Crippen molar-refractivity contribution >= 4 is 30.0 Å². The lowest BCUT2D eigenvalue weighted by Crippen LogP contribution is -2.54. The normalized spacial score (nSPS) is 19.3. The predicted molar refractivity (Wildman–Crippen MR) is 140 cm³/mol. The Morgan fingerprint density at radius 3 is 2.43 bits per heavy atom. The van der Waals surface area contributed by atoms with Gasteiger partial charge >= 0.3 is 5.97 Å². The summed E-state index contributed by atoms with van der Waals surface area (Å²) in [5.41, 5.74) is 2.98. The van der Waals surface area contributed by atoms with Gasteiger partial charge in [0.2, 0.25) is 5.91 Å². The minimum absolute atomic E-state index is 0. The molecule has 0 bridgehead atoms. The van der Waals surface area contributed by atoms with Crippen molar-refractivity contribution in [2.24, 2.45) is 5.92 Å². The number of hydrogen-bond donors (Lipinski definition) is 2. The third-order valence-electron chi connectivity index (χ3n) is 7.11. The van der Waals surface area contributed by atoms with Crippen molar-refractivity contribution in [3.05, 3.63) is 59.7 Å². The van der Waals surface area contributed by atoms with E-state index >= 15 is 0 Å². The number of benzene rings is 2. The second-order valence-electron chi connectivity index (χ2n) is 9.95. The molecule has 1 fully saturated rings. The minimum Gasteiger partial charge on any atom is -0.489 e. The van der Waals surface area contributed by atoms with Gasteiger partial charge in [-0.05, 0) is 41.5 Å². The molecule has 1 amide bonds. The van der Waals surface area contributed by atoms with Crippen molar-refractivity contribution in [2.75, 3.05) is 11.5 Å². The Hall–Kier alpha value is -2.57. The number of nitrogens with zero attached hydrogens (tertiary/aromatic N) is 1. The summed E-state index contributed by atoms with van der Waals surface area (Å²) >= 11 is 0. The van der Waals surface area contributed by atoms with Crippen molar-refractivity contribution in [2.45, 2.75) is 76.9 Å². The molecule has 2 aromatic carbocycles. The smallest absolute Gasteiger partial charge is 0.320 e. The van der Waals surface area contributed by atoms with Crippen LogP contribution in [0.2, 0.25) is 0 Å². The van der Waals surface area contributed by atoms with Crippen LogP contribution in [0.25, 0.3) is 0 Å². The van der Waals surface area contributed by atoms with Crippen LogP contribution in [0.15, 0.2) is 48.5 Å². The largest absolute Gasteiger partial charge is 0.489 e. The number of para-hydroxylation sites is 2. The number of aliphatic carboxylic acids is 1. The van der Waals surface area contributed by atoms with E-state index in [2.05, 4.69) is 43.4 Å². The number of fused-ring (bicyclic) bond motifs is 1. The molecule has 4 rings (SSSR count). The highest BCUT2D eigenvalue weighted by Gasteiger charge is 2.35. The van der Waals surface area contributed by atoms with Crippen molar-refractivity contribution in [1.82, 2.24) is 5.32 Å². The Kier molecular flexibility index (Phi) is 9.58. The van der Waals surface area contributed by atoms with Crippen LogP contribution < -0.4 is 15.0 Å². The Morgan fingerprint density at radius 2 is 1.77 bits per heavy atom. The average Bonchev–Trinajstić information content (AvgIpc) is 2.97. The highest BCUT2D eigenvalue weighted by molar-refractivity contribution is 5.99. The molecule has 0 radical (unpaired) electrons. The fourth-order valence-corrected chi connectivity index (χ4v) is 5.07. The zero-order chi connectivity index (χ0) is 24.1. The molecule has 1 heterocycles. The van der Waals surface area contributed by atoms with Crippen LogP contribution in [0.1, 0.15) is 69.4 Å². The van der Waals surface area contributed by atoms with E-state index in [4.69, 9.17) is 4.74 Å². The van der Waals surface area contributed by atoms with Gasteiger partial charge in [-0.15, -0.1) is 12.4 Å². The van der Waals surface area contributed by atoms with Gasteiger partial charge in [0.05, 0.1) is 12.2 Å². The molecule has 190 valence electrons. The number of carbonyl (C=O) groups excluding carboxylic acids is 1. The van der Waals surface area contributed by atoms with Crippen molar-refractivity contribution < 1.29 is 19.4 Å². The van der Waals surface area contributed by atoms with E-state index in [0.717, 1.165) is 31.2 Å². The monoisotopic (exact) mass is 500 g/mol. The molecular formula is C28H37ClN2O4. The lowest BCUT2D eigenvalue weighted by molar-refractivity contribution is -0.140. The number of carboxylic acids is 1. The number of halogens is 1. The SMILES string of the molecule is CC(C)c1ccc(CN2C(=O)[C@@H](N[C@@H](CC3CCCCC3)C(=O)O)COc3ccccc32)cc1.Cl. The zero-order valence-electron chi connectivity index (χ0n) is 20.6. The number of anilines is 1. The van der Waals surface area contributed by atoms with E-state index in [9.17, 15) is 14.7 Å². The summed E-state index contributed by atoms with van der Waals surface area (Å²) in [6.45, 7) is 4.82. The lowest BCUT2D eigenvalue weighted by Gasteiger charge is -2.29. The first-order chi connectivity index (χ1) is 16.4. The Bertz CT molecular complexity index is 989. The Morgan fingerprint density at radius 1 is 1.09 bits per heavy atom. The van der Waals surface area contributed by atoms with Gasteiger partial charge in [-0.2, -0.15) is 0 Å². The summed E-state index contributed by atoms with van der Waals surface area (Å²) < 4.78 is 6.00. The number of carbonyl (C=O) groups is 2. The molecule has 7 heteroatoms. The number of nitrogens with one attached hydrogen (secondary N) is 1. The maximum atomic E-state index is 13.7. The number of amides is 1. The molecule has 1 saturated carbocycles. The van der Waals surface area contributed by atoms with Crippen molar-refractivity contribution in [3.63, 3.8) is 0 Å². The van der Waals surface area contributed by atoms with Crippen LogP contribution in [0.5, 0.6) is 5.75 Å². The fourth-order valence-electron chi connectivity index (χ4n) is 5.07. The van der Waals surface area contributed by atoms with E-state index in [-0.39, 0.29) is 24.9 Å². The summed E-state index contributed by atoms with van der Waals surface area (Å²) in [7, 11) is 0. The van der Waals surface area contributed by atoms with Gasteiger partial charge in [0, 0.05) is 0 Å². The molecule has 2 aromatic rings. The quantitative estimate of drug-likeness (QED) is 0.497. The van der Waals surface area contributed by atoms with Crippen molar-refractivity contribution in [3.8, 4) is 5.75 Å². The fraction of sp³-hybridized carbons (Fsp3) is 0.500. The standard InChI is InChI=1S/C28H36N2O4.ClH/c1-19(2)22-14-12-21(13-15-22)17-30-25-10-6-7-11-26(25)34-18-24(27(30)31)29-23(28(32)33)16-20-8-4-3-5-9-20;/h6-7,10-15,19-20,23-24,29H,3-5,8-9,16-18H2,1-2H3,(H,32,33);1H/t23-,24-;/m0./s1. The zero-order valence-corrected chi connectivity index (χ0v) is 21.4. The molecule has 1 aliphatic carbocycles. The summed E-state index contributed by atoms with van der Waals surface area (Å²) in [4.78, 5) is 27.5. The number of rotatable bonds is 8. The highest BCUT2D eigenvalue weighted by atomic mass is 35.5. The van der Waals surface area contributed by atoms with Gasteiger partial charge in [-0.1, -0.05) is 82.3 Å². The molecule has 2 atom stereocenters. The van der Waals surface area contributed by atoms with E-state index in [1.54, 1.807) is 4.90 Å². The Labute approximate surface area is 214 Å². The third-order valence-corrected chi connectivity index (χ3v) is 7.11. The van der Waals surface area contributed by atoms with E-state index in [1.165, 1.54) is 12.0 Å². The van der Waals surface area contributed by atoms with Crippen LogP contribution in [0, 0.1) is 5.92 Å². The molecule has 0 spiro atoms. The van der Waals surface area contributed by atoms with Gasteiger partial charge in [0.15, 0.2) is 0 Å². The maximum Gasteiger partial charge on any atom is 0.320 e. The molecule has 2 aliphatic rings. The molecule has 1 aliphatic heterocycles. The molecule has 2 N–H and O–H groups in total. The van der Waals surface area contributed by atoms with E-state index < -0.39 is 18.1 Å². The van der Waals surface area contributed by atoms with Crippen LogP contribution in [0.3, 0.4) is 0 Å². The molecule has 35 heavy (non-hydrogen) atoms. The first-order valence-electron chi connectivity index (χ1n) is 12.5. The van der Waals surface area contributed by atoms with Crippen LogP contribution in [-0.4, -0.2) is 35.7 Å². The van der Waals surface area contributed by atoms with E-state index in [0.29, 0.717) is 36.2 Å². The second kappa shape index (κ2) is 12.4. The van der Waals surface area contributed by atoms with Crippen molar-refractivity contribution in [1.29, 1.82) is 0 Å². The molecule has 6 nitrogen and oxygen atoms in total. The number of carboxylic acid groups (broad SMARTS) is 1. The Balaban J connectivity index is 0.00000342. The maximum absolute atomic E-state index is 13.7. The predicted octanol–water partition coefficient (Wildman–Crippen LogP) is 5.54. The second-order valence-corrected chi connectivity index (χ2v) is 9.95. The first-order valence-corrected chi connectivity index (χ1v) is 12.5. The summed E-state index contributed by atoms with van der Waals surface area (Å²) in [5.74, 6) is 0.396. The molecular weight excluding hydrogens is 464 g/mol. The third kappa shape index (κ3) is 6.77. The average molecular weight is 501 g/mol. The van der Waals surface area contributed by atoms with Gasteiger partial charge in [-0.25, -0.2) is 0 Å². The summed E-state index contributed by atoms with van der Waals surface area (Å²) in [6, 6.07) is 14.3. The van der Waals surface area contributed by atoms with Crippen LogP contribution >= 0.6 is 12.4 Å². The molecule has 0 unspecified atom stereocenters. The van der Waals surface area contributed by atoms with Crippen LogP contribution in [-0.2, 0) is 16.1 Å².